The number of aliphatic imine (C=N–C) groups is 3. The smallest absolute Gasteiger partial charge is 0.326 e. The highest BCUT2D eigenvalue weighted by molar-refractivity contribution is 8.76. The Hall–Kier alpha value is -14.5. The molecule has 0 aliphatic carbocycles. The minimum Gasteiger partial charge on any atom is -0.508 e. The third kappa shape index (κ3) is 42.3. The maximum atomic E-state index is 16.0. The number of hydrogen-bond donors (Lipinski definition) is 30. The first-order chi connectivity index (χ1) is 67.7. The Morgan fingerprint density at radius 2 is 0.859 bits per heavy atom. The lowest BCUT2D eigenvalue weighted by atomic mass is 10.00. The second-order valence-corrected chi connectivity index (χ2v) is 36.4. The lowest BCUT2D eigenvalue weighted by Crippen LogP contribution is -2.61. The van der Waals surface area contributed by atoms with E-state index in [9.17, 15) is 39.3 Å². The Kier molecular flexibility index (Phi) is 50.6. The van der Waals surface area contributed by atoms with Gasteiger partial charge in [0.1, 0.15) is 90.0 Å². The van der Waals surface area contributed by atoms with E-state index in [2.05, 4.69) is 94.7 Å². The summed E-state index contributed by atoms with van der Waals surface area (Å²) in [7, 11) is 1.44. The Balaban J connectivity index is 1.62. The maximum absolute atomic E-state index is 16.0. The van der Waals surface area contributed by atoms with Crippen LogP contribution in [0.2, 0.25) is 0 Å². The number of phenols is 2. The molecule has 0 aromatic heterocycles. The van der Waals surface area contributed by atoms with Gasteiger partial charge in [-0.15, -0.1) is 0 Å². The number of rotatable bonds is 46. The molecule has 14 atom stereocenters. The zero-order valence-electron chi connectivity index (χ0n) is 78.9. The molecule has 6 rings (SSSR count). The first kappa shape index (κ1) is 116. The zero-order chi connectivity index (χ0) is 104. The molecule has 0 bridgehead atoms. The topological polar surface area (TPSA) is 884 Å². The van der Waals surface area contributed by atoms with Crippen LogP contribution in [0.3, 0.4) is 0 Å². The van der Waals surface area contributed by atoms with Gasteiger partial charge in [-0.1, -0.05) is 82.3 Å². The maximum Gasteiger partial charge on any atom is 0.326 e. The van der Waals surface area contributed by atoms with Crippen LogP contribution >= 0.6 is 21.6 Å². The lowest BCUT2D eigenvalue weighted by molar-refractivity contribution is -0.142. The van der Waals surface area contributed by atoms with Gasteiger partial charge in [0.05, 0.1) is 6.04 Å². The number of carbonyl (C=O) groups is 17. The molecule has 19 amide bonds. The van der Waals surface area contributed by atoms with Gasteiger partial charge in [0.25, 0.3) is 0 Å². The molecular weight excluding hydrogens is 1890 g/mol. The molecule has 780 valence electrons. The summed E-state index contributed by atoms with van der Waals surface area (Å²) in [5.41, 5.74) is 69.0. The number of nitrogens with zero attached hydrogens (tertiary/aromatic N) is 4. The molecule has 2 saturated heterocycles. The molecule has 53 heteroatoms. The van der Waals surface area contributed by atoms with Crippen LogP contribution in [0.25, 0.3) is 10.8 Å². The molecule has 51 nitrogen and oxygen atoms in total. The quantitative estimate of drug-likeness (QED) is 0.00847. The molecule has 2 heterocycles. The van der Waals surface area contributed by atoms with Gasteiger partial charge in [0.15, 0.2) is 17.9 Å². The van der Waals surface area contributed by atoms with E-state index in [1.54, 1.807) is 36.4 Å². The third-order valence-corrected chi connectivity index (χ3v) is 25.1. The Morgan fingerprint density at radius 3 is 1.35 bits per heavy atom. The number of phenolic OH excluding ortho intramolecular Hbond substituents is 2. The number of nitrogens with one attached hydrogen (secondary N) is 15. The van der Waals surface area contributed by atoms with Crippen LogP contribution in [0.15, 0.2) is 106 Å². The Labute approximate surface area is 827 Å². The summed E-state index contributed by atoms with van der Waals surface area (Å²) in [6.45, 7) is -0.547. The number of carboxylic acids is 1. The third-order valence-electron chi connectivity index (χ3n) is 22.7. The normalized spacial score (nSPS) is 20.3. The van der Waals surface area contributed by atoms with Crippen molar-refractivity contribution in [2.45, 2.75) is 226 Å². The SMILES string of the molecule is NCCCC[C@@H]1NC(=O)[C@@H](CCCCN)NC(=O)[C@H](CCCNC(N)=O)NC(=O)[C@@H](Cc2ccc(O)cc2)NC(=O)[C@H](NC(=O)[C@@H](NC(=O)[C@H](CCCN=C(N)N)NC(=O)[C@@H](N)CCCNC(N)=O)c2ccc3ccccc3c2)CSSC[C@H](C(=O)N[C@@H](CCCN=C(N)N)C(=O)O)NC(=O)[C@H](CCCNC(N)=O)NC(=O)[C@H](CCCN=C(N)N)NC(=O)[C@H](Cc2ccc(O)cc2)NC(=O)[C@H]2CCCN2C1=O. The highest BCUT2D eigenvalue weighted by atomic mass is 33.1. The number of amides is 19. The largest absolute Gasteiger partial charge is 0.508 e. The number of unbranched alkanes of at least 4 members (excludes halogenated alkanes) is 2. The van der Waals surface area contributed by atoms with E-state index in [4.69, 9.17) is 68.8 Å². The van der Waals surface area contributed by atoms with Crippen LogP contribution in [-0.4, -0.2) is 288 Å². The summed E-state index contributed by atoms with van der Waals surface area (Å²) in [6, 6.07) is -3.56. The predicted molar refractivity (Wildman–Crippen MR) is 531 cm³/mol. The fourth-order valence-electron chi connectivity index (χ4n) is 15.2. The molecule has 0 spiro atoms. The van der Waals surface area contributed by atoms with E-state index >= 15 is 57.5 Å². The van der Waals surface area contributed by atoms with Gasteiger partial charge in [-0.05, 0) is 199 Å². The number of aromatic hydroxyl groups is 2. The summed E-state index contributed by atoms with van der Waals surface area (Å²) in [4.78, 5) is 261. The van der Waals surface area contributed by atoms with Gasteiger partial charge in [0.2, 0.25) is 76.8 Å². The average molecular weight is 2030 g/mol. The fourth-order valence-corrected chi connectivity index (χ4v) is 17.5. The number of benzene rings is 4. The first-order valence-corrected chi connectivity index (χ1v) is 49.1. The molecule has 2 fully saturated rings. The molecular formula is C89H137N31O20S2. The summed E-state index contributed by atoms with van der Waals surface area (Å²) in [5, 5.41) is 72.0. The zero-order valence-corrected chi connectivity index (χ0v) is 80.5. The lowest BCUT2D eigenvalue weighted by Gasteiger charge is -2.31. The second-order valence-electron chi connectivity index (χ2n) is 33.9. The van der Waals surface area contributed by atoms with Gasteiger partial charge in [-0.25, -0.2) is 19.2 Å². The van der Waals surface area contributed by atoms with Gasteiger partial charge in [-0.2, -0.15) is 0 Å². The van der Waals surface area contributed by atoms with Crippen molar-refractivity contribution in [3.63, 3.8) is 0 Å². The van der Waals surface area contributed by atoms with Gasteiger partial charge in [-0.3, -0.25) is 77.3 Å². The highest BCUT2D eigenvalue weighted by Gasteiger charge is 2.43. The summed E-state index contributed by atoms with van der Waals surface area (Å²) < 4.78 is 0. The van der Waals surface area contributed by atoms with Gasteiger partial charge in [0, 0.05) is 70.2 Å². The number of guanidine groups is 3. The highest BCUT2D eigenvalue weighted by Crippen LogP contribution is 2.28. The van der Waals surface area contributed by atoms with Crippen molar-refractivity contribution >= 4 is 151 Å². The number of urea groups is 3. The molecule has 2 aliphatic rings. The Morgan fingerprint density at radius 1 is 0.430 bits per heavy atom. The van der Waals surface area contributed by atoms with Crippen LogP contribution < -0.4 is 149 Å². The number of nitrogens with two attached hydrogens (primary N) is 12. The molecule has 42 N–H and O–H groups in total. The summed E-state index contributed by atoms with van der Waals surface area (Å²) in [6.07, 6.45) is -1.59. The minimum absolute atomic E-state index is 0.00561. The van der Waals surface area contributed by atoms with E-state index < -0.39 is 210 Å². The second kappa shape index (κ2) is 61.9. The average Bonchev–Trinajstić information content (AvgIpc) is 1.32. The molecule has 0 radical (unpaired) electrons. The first-order valence-electron chi connectivity index (χ1n) is 46.6. The minimum atomic E-state index is -1.94. The molecule has 4 aromatic carbocycles. The van der Waals surface area contributed by atoms with E-state index in [0.717, 1.165) is 21.6 Å². The van der Waals surface area contributed by atoms with Crippen molar-refractivity contribution in [1.29, 1.82) is 0 Å². The van der Waals surface area contributed by atoms with Crippen molar-refractivity contribution in [3.8, 4) is 11.5 Å². The van der Waals surface area contributed by atoms with Crippen LogP contribution in [0.5, 0.6) is 11.5 Å². The van der Waals surface area contributed by atoms with Crippen molar-refractivity contribution in [1.82, 2.24) is 84.7 Å². The van der Waals surface area contributed by atoms with E-state index in [1.165, 1.54) is 59.5 Å². The van der Waals surface area contributed by atoms with Crippen LogP contribution in [0.1, 0.15) is 151 Å². The summed E-state index contributed by atoms with van der Waals surface area (Å²) >= 11 is 0. The molecule has 0 unspecified atom stereocenters. The van der Waals surface area contributed by atoms with Crippen LogP contribution in [-0.2, 0) is 80.0 Å². The van der Waals surface area contributed by atoms with Gasteiger partial charge < -0.3 is 169 Å². The van der Waals surface area contributed by atoms with Crippen molar-refractivity contribution in [2.75, 3.05) is 70.4 Å². The predicted octanol–water partition coefficient (Wildman–Crippen LogP) is -6.21. The number of hydrogen-bond acceptors (Lipinski definition) is 27. The van der Waals surface area contributed by atoms with Crippen molar-refractivity contribution in [3.05, 3.63) is 108 Å². The number of fused-ring (bicyclic) bond motifs is 2. The van der Waals surface area contributed by atoms with Crippen molar-refractivity contribution in [2.24, 2.45) is 83.8 Å². The number of carboxylic acid groups (broad SMARTS) is 1. The van der Waals surface area contributed by atoms with Crippen LogP contribution in [0.4, 0.5) is 14.4 Å². The number of primary amides is 3. The van der Waals surface area contributed by atoms with Crippen molar-refractivity contribution < 1.29 is 96.8 Å². The van der Waals surface area contributed by atoms with Gasteiger partial charge >= 0.3 is 24.1 Å². The molecule has 0 saturated carbocycles. The van der Waals surface area contributed by atoms with E-state index in [1.807, 2.05) is 0 Å². The summed E-state index contributed by atoms with van der Waals surface area (Å²) in [5.74, 6) is -17.6. The fraction of sp³-hybridized carbons (Fsp3) is 0.528. The van der Waals surface area contributed by atoms with Crippen LogP contribution in [0, 0.1) is 0 Å². The Bertz CT molecular complexity index is 5000. The van der Waals surface area contributed by atoms with E-state index in [0.29, 0.717) is 29.2 Å². The molecule has 4 aromatic rings. The number of aliphatic carboxylic acids is 1. The molecule has 2 aliphatic heterocycles. The van der Waals surface area contributed by atoms with E-state index in [-0.39, 0.29) is 215 Å². The standard InChI is InChI=1S/C89H137N31O20S2/c90-35-5-3-17-57-73(126)113-62(18-4-6-36-91)82(135)120-43-13-24-68(120)80(133)116-65(45-50-27-33-55(122)34-28-50)77(130)112-58(19-8-37-102-84(93)94)72(125)110-60(22-11-42-107-89(101)140)74(127)117-66(78(131)114-63(83(136)137)23-12-39-104-86(97)98)47-141-142-48-67(79(132)115-64(44-49-25-31-54(121)32-26-49)76(129)111-59(71(124)109-57)21-10-41-106-88(100)139)118-81(134)69(53-30-29-51-14-1-2-15-52(51)46-53)119-75(128)61(20-9-38-103-85(95)96)108-70(123)56(92)16-7-40-105-87(99)138/h1-2,14-15,25-34,46,56-69,121-122H,3-13,16-24,35-45,47-48,90-92H2,(H,108,123)(H,109,124)(H,110,125)(H,111,129)(H,112,130)(H,113,126)(H,114,131)(H,115,132)(H,116,133)(H,117,127)(H,118,134)(H,119,128)(H,136,137)(H4,93,94,102)(H4,95,96,103)(H4,97,98,104)(H3,99,105,138)(H3,100,106,139)(H3,101,107,140)/t56-,57+,58-,59-,60-,61-,62-,63-,64+,65-,66+,67+,68+,69-/m0/s1. The molecule has 142 heavy (non-hydrogen) atoms. The monoisotopic (exact) mass is 2020 g/mol. The number of carbonyl (C=O) groups excluding carboxylic acids is 16.